The summed E-state index contributed by atoms with van der Waals surface area (Å²) >= 11 is 0. The summed E-state index contributed by atoms with van der Waals surface area (Å²) in [6.07, 6.45) is 1.87. The fraction of sp³-hybridized carbons (Fsp3) is 0.632. The maximum Gasteiger partial charge on any atom is 0.237 e. The number of methoxy groups -OCH3 is 1. The highest BCUT2D eigenvalue weighted by Gasteiger charge is 2.19. The van der Waals surface area contributed by atoms with E-state index in [1.54, 1.807) is 7.11 Å². The molecule has 0 aliphatic carbocycles. The second-order valence-electron chi connectivity index (χ2n) is 6.65. The summed E-state index contributed by atoms with van der Waals surface area (Å²) in [5.41, 5.74) is 6.89. The van der Waals surface area contributed by atoms with Crippen LogP contribution in [-0.2, 0) is 11.3 Å². The number of halogens is 1. The van der Waals surface area contributed by atoms with Crippen LogP contribution in [0.25, 0.3) is 0 Å². The van der Waals surface area contributed by atoms with Gasteiger partial charge in [-0.1, -0.05) is 40.2 Å². The third kappa shape index (κ3) is 7.97. The molecular formula is C19H33ClN2O3. The summed E-state index contributed by atoms with van der Waals surface area (Å²) in [5, 5.41) is 2.88. The number of benzene rings is 1. The van der Waals surface area contributed by atoms with E-state index in [0.717, 1.165) is 24.2 Å². The predicted octanol–water partition coefficient (Wildman–Crippen LogP) is 3.53. The van der Waals surface area contributed by atoms with Gasteiger partial charge in [-0.05, 0) is 36.0 Å². The van der Waals surface area contributed by atoms with Gasteiger partial charge < -0.3 is 20.5 Å². The minimum Gasteiger partial charge on any atom is -0.493 e. The van der Waals surface area contributed by atoms with Gasteiger partial charge in [-0.3, -0.25) is 4.79 Å². The molecular weight excluding hydrogens is 340 g/mol. The number of nitrogens with two attached hydrogens (primary N) is 1. The predicted molar refractivity (Wildman–Crippen MR) is 104 cm³/mol. The lowest BCUT2D eigenvalue weighted by molar-refractivity contribution is -0.123. The average Bonchev–Trinajstić information content (AvgIpc) is 2.58. The number of carbonyl (C=O) groups excluding carboxylic acids is 1. The highest BCUT2D eigenvalue weighted by molar-refractivity contribution is 5.85. The van der Waals surface area contributed by atoms with E-state index in [0.29, 0.717) is 24.8 Å². The highest BCUT2D eigenvalue weighted by atomic mass is 35.5. The zero-order valence-electron chi connectivity index (χ0n) is 16.0. The number of carbonyl (C=O) groups is 1. The third-order valence-electron chi connectivity index (χ3n) is 4.21. The molecule has 1 aromatic rings. The maximum absolute atomic E-state index is 12.1. The van der Waals surface area contributed by atoms with E-state index < -0.39 is 6.04 Å². The maximum atomic E-state index is 12.1. The molecule has 0 saturated carbocycles. The first-order valence-electron chi connectivity index (χ1n) is 8.72. The van der Waals surface area contributed by atoms with Crippen molar-refractivity contribution in [2.75, 3.05) is 13.7 Å². The summed E-state index contributed by atoms with van der Waals surface area (Å²) in [5.74, 6) is 2.04. The van der Waals surface area contributed by atoms with Crippen molar-refractivity contribution >= 4 is 18.3 Å². The van der Waals surface area contributed by atoms with Gasteiger partial charge in [0.25, 0.3) is 0 Å². The first kappa shape index (κ1) is 23.5. The Kier molecular flexibility index (Phi) is 11.3. The van der Waals surface area contributed by atoms with E-state index >= 15 is 0 Å². The van der Waals surface area contributed by atoms with Crippen LogP contribution in [0.3, 0.4) is 0 Å². The van der Waals surface area contributed by atoms with Crippen LogP contribution in [-0.4, -0.2) is 25.7 Å². The molecule has 5 nitrogen and oxygen atoms in total. The Morgan fingerprint density at radius 3 is 2.48 bits per heavy atom. The van der Waals surface area contributed by atoms with Gasteiger partial charge in [0, 0.05) is 6.54 Å². The lowest BCUT2D eigenvalue weighted by Gasteiger charge is -2.18. The van der Waals surface area contributed by atoms with Crippen molar-refractivity contribution in [2.45, 2.75) is 53.1 Å². The molecule has 0 radical (unpaired) electrons. The van der Waals surface area contributed by atoms with E-state index in [4.69, 9.17) is 15.2 Å². The molecule has 1 rings (SSSR count). The summed E-state index contributed by atoms with van der Waals surface area (Å²) in [4.78, 5) is 12.1. The van der Waals surface area contributed by atoms with Crippen LogP contribution < -0.4 is 20.5 Å². The van der Waals surface area contributed by atoms with E-state index in [1.165, 1.54) is 0 Å². The van der Waals surface area contributed by atoms with Crippen LogP contribution >= 0.6 is 12.4 Å². The van der Waals surface area contributed by atoms with Crippen LogP contribution in [0.2, 0.25) is 0 Å². The molecule has 0 aromatic heterocycles. The summed E-state index contributed by atoms with van der Waals surface area (Å²) in [7, 11) is 1.62. The Hall–Kier alpha value is -1.46. The molecule has 6 heteroatoms. The molecule has 0 heterocycles. The first-order valence-corrected chi connectivity index (χ1v) is 8.72. The Morgan fingerprint density at radius 2 is 1.92 bits per heavy atom. The molecule has 0 fully saturated rings. The molecule has 0 aliphatic heterocycles. The fourth-order valence-electron chi connectivity index (χ4n) is 2.17. The van der Waals surface area contributed by atoms with Gasteiger partial charge >= 0.3 is 0 Å². The smallest absolute Gasteiger partial charge is 0.237 e. The number of rotatable bonds is 10. The molecule has 1 amide bonds. The van der Waals surface area contributed by atoms with Crippen LogP contribution in [0.1, 0.15) is 46.1 Å². The van der Waals surface area contributed by atoms with Crippen molar-refractivity contribution in [3.8, 4) is 11.5 Å². The lowest BCUT2D eigenvalue weighted by Crippen LogP contribution is -2.44. The average molecular weight is 373 g/mol. The third-order valence-corrected chi connectivity index (χ3v) is 4.21. The molecule has 0 aliphatic rings. The zero-order valence-corrected chi connectivity index (χ0v) is 16.8. The molecule has 0 bridgehead atoms. The summed E-state index contributed by atoms with van der Waals surface area (Å²) < 4.78 is 11.2. The molecule has 0 saturated heterocycles. The Labute approximate surface area is 158 Å². The van der Waals surface area contributed by atoms with Crippen molar-refractivity contribution in [1.82, 2.24) is 5.32 Å². The molecule has 0 spiro atoms. The summed E-state index contributed by atoms with van der Waals surface area (Å²) in [6, 6.07) is 5.23. The molecule has 3 N–H and O–H groups in total. The van der Waals surface area contributed by atoms with Gasteiger partial charge in [-0.25, -0.2) is 0 Å². The van der Waals surface area contributed by atoms with Crippen molar-refractivity contribution in [3.05, 3.63) is 23.8 Å². The first-order chi connectivity index (χ1) is 11.4. The normalized spacial score (nSPS) is 12.9. The minimum atomic E-state index is -0.476. The minimum absolute atomic E-state index is 0. The fourth-order valence-corrected chi connectivity index (χ4v) is 2.17. The second-order valence-corrected chi connectivity index (χ2v) is 6.65. The van der Waals surface area contributed by atoms with Gasteiger partial charge in [-0.2, -0.15) is 0 Å². The van der Waals surface area contributed by atoms with Crippen LogP contribution in [0.5, 0.6) is 11.5 Å². The second kappa shape index (κ2) is 12.0. The number of ether oxygens (including phenoxy) is 2. The van der Waals surface area contributed by atoms with Gasteiger partial charge in [0.2, 0.25) is 5.91 Å². The highest BCUT2D eigenvalue weighted by Crippen LogP contribution is 2.28. The number of nitrogens with one attached hydrogen (secondary N) is 1. The molecule has 1 aromatic carbocycles. The van der Waals surface area contributed by atoms with Gasteiger partial charge in [0.15, 0.2) is 11.5 Å². The SMILES string of the molecule is CCC(C)C(N)C(=O)NCc1ccc(OCCC(C)C)c(OC)c1.Cl. The van der Waals surface area contributed by atoms with Crippen molar-refractivity contribution in [2.24, 2.45) is 17.6 Å². The monoisotopic (exact) mass is 372 g/mol. The zero-order chi connectivity index (χ0) is 18.1. The van der Waals surface area contributed by atoms with Crippen LogP contribution in [0.15, 0.2) is 18.2 Å². The number of amides is 1. The van der Waals surface area contributed by atoms with E-state index in [1.807, 2.05) is 32.0 Å². The van der Waals surface area contributed by atoms with Crippen molar-refractivity contribution < 1.29 is 14.3 Å². The molecule has 25 heavy (non-hydrogen) atoms. The standard InChI is InChI=1S/C19H32N2O3.ClH/c1-6-14(4)18(20)19(22)21-12-15-7-8-16(17(11-15)23-5)24-10-9-13(2)3;/h7-8,11,13-14,18H,6,9-10,12,20H2,1-5H3,(H,21,22);1H. The molecule has 2 atom stereocenters. The quantitative estimate of drug-likeness (QED) is 0.658. The lowest BCUT2D eigenvalue weighted by atomic mass is 9.99. The number of hydrogen-bond acceptors (Lipinski definition) is 4. The van der Waals surface area contributed by atoms with E-state index in [9.17, 15) is 4.79 Å². The van der Waals surface area contributed by atoms with Crippen LogP contribution in [0.4, 0.5) is 0 Å². The molecule has 2 unspecified atom stereocenters. The molecule has 144 valence electrons. The van der Waals surface area contributed by atoms with Crippen LogP contribution in [0, 0.1) is 11.8 Å². The van der Waals surface area contributed by atoms with Gasteiger partial charge in [0.1, 0.15) is 0 Å². The topological polar surface area (TPSA) is 73.6 Å². The van der Waals surface area contributed by atoms with Crippen molar-refractivity contribution in [1.29, 1.82) is 0 Å². The Morgan fingerprint density at radius 1 is 1.24 bits per heavy atom. The number of hydrogen-bond donors (Lipinski definition) is 2. The van der Waals surface area contributed by atoms with E-state index in [2.05, 4.69) is 19.2 Å². The summed E-state index contributed by atoms with van der Waals surface area (Å²) in [6.45, 7) is 9.42. The largest absolute Gasteiger partial charge is 0.493 e. The van der Waals surface area contributed by atoms with E-state index in [-0.39, 0.29) is 24.2 Å². The van der Waals surface area contributed by atoms with Gasteiger partial charge in [-0.15, -0.1) is 12.4 Å². The Balaban J connectivity index is 0.00000576. The van der Waals surface area contributed by atoms with Crippen molar-refractivity contribution in [3.63, 3.8) is 0 Å². The van der Waals surface area contributed by atoms with Gasteiger partial charge in [0.05, 0.1) is 19.8 Å². The Bertz CT molecular complexity index is 523.